The van der Waals surface area contributed by atoms with Crippen LogP contribution in [0.15, 0.2) is 5.38 Å². The lowest BCUT2D eigenvalue weighted by molar-refractivity contribution is 0.202. The summed E-state index contributed by atoms with van der Waals surface area (Å²) in [5.74, 6) is 0. The van der Waals surface area contributed by atoms with Crippen molar-refractivity contribution in [3.63, 3.8) is 0 Å². The maximum absolute atomic E-state index is 5.01. The highest BCUT2D eigenvalue weighted by Crippen LogP contribution is 2.11. The summed E-state index contributed by atoms with van der Waals surface area (Å²) in [6, 6.07) is 0. The molecule has 0 saturated carbocycles. The summed E-state index contributed by atoms with van der Waals surface area (Å²) in [5, 5.41) is 6.47. The van der Waals surface area contributed by atoms with Crippen LogP contribution < -0.4 is 5.32 Å². The van der Waals surface area contributed by atoms with Crippen molar-refractivity contribution in [1.82, 2.24) is 10.3 Å². The first-order chi connectivity index (χ1) is 6.86. The van der Waals surface area contributed by atoms with E-state index in [4.69, 9.17) is 4.74 Å². The molecule has 0 aliphatic heterocycles. The zero-order chi connectivity index (χ0) is 10.2. The summed E-state index contributed by atoms with van der Waals surface area (Å²) in [5.41, 5.74) is 1.22. The SMILES string of the molecule is CNCCCc1csc(CCOC)n1. The molecule has 1 aromatic heterocycles. The first-order valence-corrected chi connectivity index (χ1v) is 5.81. The third-order valence-corrected chi connectivity index (χ3v) is 2.94. The predicted octanol–water partition coefficient (Wildman–Crippen LogP) is 1.48. The van der Waals surface area contributed by atoms with Gasteiger partial charge in [-0.3, -0.25) is 0 Å². The van der Waals surface area contributed by atoms with Gasteiger partial charge in [0.05, 0.1) is 17.3 Å². The Kier molecular flexibility index (Phi) is 5.75. The molecule has 4 heteroatoms. The number of hydrogen-bond donors (Lipinski definition) is 1. The van der Waals surface area contributed by atoms with E-state index < -0.39 is 0 Å². The Morgan fingerprint density at radius 2 is 2.36 bits per heavy atom. The first-order valence-electron chi connectivity index (χ1n) is 4.93. The molecule has 1 N–H and O–H groups in total. The number of thiazole rings is 1. The summed E-state index contributed by atoms with van der Waals surface area (Å²) >= 11 is 1.74. The Labute approximate surface area is 89.5 Å². The van der Waals surface area contributed by atoms with Crippen LogP contribution in [0.5, 0.6) is 0 Å². The summed E-state index contributed by atoms with van der Waals surface area (Å²) in [6.07, 6.45) is 3.17. The molecule has 0 atom stereocenters. The van der Waals surface area contributed by atoms with Crippen LogP contribution in [-0.2, 0) is 17.6 Å². The van der Waals surface area contributed by atoms with Crippen molar-refractivity contribution in [2.24, 2.45) is 0 Å². The molecule has 14 heavy (non-hydrogen) atoms. The molecule has 1 heterocycles. The smallest absolute Gasteiger partial charge is 0.0951 e. The van der Waals surface area contributed by atoms with Crippen LogP contribution in [0.2, 0.25) is 0 Å². The van der Waals surface area contributed by atoms with E-state index in [1.165, 1.54) is 10.7 Å². The van der Waals surface area contributed by atoms with E-state index in [9.17, 15) is 0 Å². The number of hydrogen-bond acceptors (Lipinski definition) is 4. The van der Waals surface area contributed by atoms with E-state index >= 15 is 0 Å². The standard InChI is InChI=1S/C10H18N2OS/c1-11-6-3-4-9-8-14-10(12-9)5-7-13-2/h8,11H,3-7H2,1-2H3. The largest absolute Gasteiger partial charge is 0.384 e. The molecule has 0 aromatic carbocycles. The van der Waals surface area contributed by atoms with E-state index in [0.717, 1.165) is 32.4 Å². The fourth-order valence-electron chi connectivity index (χ4n) is 1.21. The summed E-state index contributed by atoms with van der Waals surface area (Å²) in [4.78, 5) is 4.53. The highest BCUT2D eigenvalue weighted by Gasteiger charge is 2.01. The molecule has 0 unspecified atom stereocenters. The fourth-order valence-corrected chi connectivity index (χ4v) is 2.03. The van der Waals surface area contributed by atoms with Crippen molar-refractivity contribution in [3.05, 3.63) is 16.1 Å². The molecular formula is C10H18N2OS. The van der Waals surface area contributed by atoms with Gasteiger partial charge in [-0.15, -0.1) is 11.3 Å². The van der Waals surface area contributed by atoms with Crippen molar-refractivity contribution < 1.29 is 4.74 Å². The minimum Gasteiger partial charge on any atom is -0.384 e. The monoisotopic (exact) mass is 214 g/mol. The average Bonchev–Trinajstić information content (AvgIpc) is 2.63. The molecule has 1 aromatic rings. The number of methoxy groups -OCH3 is 1. The Morgan fingerprint density at radius 1 is 1.50 bits per heavy atom. The van der Waals surface area contributed by atoms with Crippen LogP contribution in [0.4, 0.5) is 0 Å². The normalized spacial score (nSPS) is 10.7. The maximum Gasteiger partial charge on any atom is 0.0951 e. The summed E-state index contributed by atoms with van der Waals surface area (Å²) < 4.78 is 5.01. The van der Waals surface area contributed by atoms with Crippen LogP contribution in [0, 0.1) is 0 Å². The van der Waals surface area contributed by atoms with Crippen LogP contribution in [0.3, 0.4) is 0 Å². The fraction of sp³-hybridized carbons (Fsp3) is 0.700. The van der Waals surface area contributed by atoms with E-state index in [2.05, 4.69) is 15.7 Å². The number of rotatable bonds is 7. The predicted molar refractivity (Wildman–Crippen MR) is 59.9 cm³/mol. The minimum atomic E-state index is 0.767. The molecule has 0 amide bonds. The number of ether oxygens (including phenoxy) is 1. The highest BCUT2D eigenvalue weighted by atomic mass is 32.1. The highest BCUT2D eigenvalue weighted by molar-refractivity contribution is 7.09. The second-order valence-electron chi connectivity index (χ2n) is 3.18. The van der Waals surface area contributed by atoms with Gasteiger partial charge >= 0.3 is 0 Å². The number of nitrogens with one attached hydrogen (secondary N) is 1. The van der Waals surface area contributed by atoms with Gasteiger partial charge in [-0.1, -0.05) is 0 Å². The molecule has 0 fully saturated rings. The van der Waals surface area contributed by atoms with Crippen molar-refractivity contribution in [2.45, 2.75) is 19.3 Å². The molecule has 1 rings (SSSR count). The maximum atomic E-state index is 5.01. The topological polar surface area (TPSA) is 34.1 Å². The lowest BCUT2D eigenvalue weighted by Gasteiger charge is -1.96. The zero-order valence-corrected chi connectivity index (χ0v) is 9.69. The van der Waals surface area contributed by atoms with Crippen molar-refractivity contribution in [3.8, 4) is 0 Å². The van der Waals surface area contributed by atoms with E-state index in [1.54, 1.807) is 18.4 Å². The van der Waals surface area contributed by atoms with Gasteiger partial charge in [0, 0.05) is 18.9 Å². The van der Waals surface area contributed by atoms with E-state index in [-0.39, 0.29) is 0 Å². The Balaban J connectivity index is 2.27. The Hall–Kier alpha value is -0.450. The van der Waals surface area contributed by atoms with E-state index in [0.29, 0.717) is 0 Å². The van der Waals surface area contributed by atoms with Gasteiger partial charge < -0.3 is 10.1 Å². The van der Waals surface area contributed by atoms with Crippen LogP contribution in [0.25, 0.3) is 0 Å². The van der Waals surface area contributed by atoms with Gasteiger partial charge in [0.25, 0.3) is 0 Å². The number of aromatic nitrogens is 1. The lowest BCUT2D eigenvalue weighted by Crippen LogP contribution is -2.08. The molecule has 0 saturated heterocycles. The van der Waals surface area contributed by atoms with Gasteiger partial charge in [-0.25, -0.2) is 4.98 Å². The van der Waals surface area contributed by atoms with Gasteiger partial charge in [0.2, 0.25) is 0 Å². The van der Waals surface area contributed by atoms with Crippen LogP contribution >= 0.6 is 11.3 Å². The van der Waals surface area contributed by atoms with Gasteiger partial charge in [0.1, 0.15) is 0 Å². The van der Waals surface area contributed by atoms with Crippen LogP contribution in [-0.4, -0.2) is 32.3 Å². The number of nitrogens with zero attached hydrogens (tertiary/aromatic N) is 1. The van der Waals surface area contributed by atoms with Gasteiger partial charge in [-0.05, 0) is 26.4 Å². The molecule has 80 valence electrons. The summed E-state index contributed by atoms with van der Waals surface area (Å²) in [7, 11) is 3.70. The van der Waals surface area contributed by atoms with Crippen molar-refractivity contribution in [2.75, 3.05) is 27.3 Å². The van der Waals surface area contributed by atoms with Crippen molar-refractivity contribution >= 4 is 11.3 Å². The quantitative estimate of drug-likeness (QED) is 0.698. The summed E-state index contributed by atoms with van der Waals surface area (Å²) in [6.45, 7) is 1.83. The first kappa shape index (κ1) is 11.6. The minimum absolute atomic E-state index is 0.767. The molecule has 0 aliphatic carbocycles. The molecule has 0 aliphatic rings. The van der Waals surface area contributed by atoms with Gasteiger partial charge in [-0.2, -0.15) is 0 Å². The molecule has 0 bridgehead atoms. The Morgan fingerprint density at radius 3 is 3.07 bits per heavy atom. The Bertz CT molecular complexity index is 250. The second kappa shape index (κ2) is 6.92. The lowest BCUT2D eigenvalue weighted by atomic mass is 10.2. The third-order valence-electron chi connectivity index (χ3n) is 1.98. The van der Waals surface area contributed by atoms with E-state index in [1.807, 2.05) is 7.05 Å². The van der Waals surface area contributed by atoms with Gasteiger partial charge in [0.15, 0.2) is 0 Å². The van der Waals surface area contributed by atoms with Crippen molar-refractivity contribution in [1.29, 1.82) is 0 Å². The molecule has 3 nitrogen and oxygen atoms in total. The molecule has 0 spiro atoms. The number of aryl methyl sites for hydroxylation is 1. The molecular weight excluding hydrogens is 196 g/mol. The van der Waals surface area contributed by atoms with Crippen LogP contribution in [0.1, 0.15) is 17.1 Å². The average molecular weight is 214 g/mol. The molecule has 0 radical (unpaired) electrons. The zero-order valence-electron chi connectivity index (χ0n) is 8.88. The third kappa shape index (κ3) is 4.17. The second-order valence-corrected chi connectivity index (χ2v) is 4.13.